The average molecular weight is 259 g/mol. The molecule has 2 rings (SSSR count). The Kier molecular flexibility index (Phi) is 3.79. The molecule has 2 aromatic rings. The monoisotopic (exact) mass is 259 g/mol. The van der Waals surface area contributed by atoms with E-state index in [0.717, 1.165) is 29.0 Å². The van der Waals surface area contributed by atoms with Gasteiger partial charge in [-0.3, -0.25) is 4.68 Å². The SMILES string of the molecule is CCC(C)c1nn(C)c(N)c1-c1ccc(OC)cc1. The molecule has 0 saturated carbocycles. The summed E-state index contributed by atoms with van der Waals surface area (Å²) in [6.07, 6.45) is 1.04. The molecule has 0 amide bonds. The molecule has 4 nitrogen and oxygen atoms in total. The first-order valence-corrected chi connectivity index (χ1v) is 6.55. The Bertz CT molecular complexity index is 558. The van der Waals surface area contributed by atoms with Crippen molar-refractivity contribution in [3.63, 3.8) is 0 Å². The molecule has 0 radical (unpaired) electrons. The van der Waals surface area contributed by atoms with Gasteiger partial charge in [-0.15, -0.1) is 0 Å². The highest BCUT2D eigenvalue weighted by molar-refractivity contribution is 5.77. The van der Waals surface area contributed by atoms with Gasteiger partial charge in [-0.05, 0) is 24.1 Å². The van der Waals surface area contributed by atoms with Crippen molar-refractivity contribution in [2.75, 3.05) is 12.8 Å². The summed E-state index contributed by atoms with van der Waals surface area (Å²) >= 11 is 0. The lowest BCUT2D eigenvalue weighted by Gasteiger charge is -2.09. The van der Waals surface area contributed by atoms with E-state index in [-0.39, 0.29) is 0 Å². The van der Waals surface area contributed by atoms with E-state index in [1.807, 2.05) is 31.3 Å². The number of anilines is 1. The average Bonchev–Trinajstić information content (AvgIpc) is 2.74. The van der Waals surface area contributed by atoms with Crippen LogP contribution in [0.3, 0.4) is 0 Å². The number of methoxy groups -OCH3 is 1. The number of hydrogen-bond donors (Lipinski definition) is 1. The first-order valence-electron chi connectivity index (χ1n) is 6.55. The van der Waals surface area contributed by atoms with Gasteiger partial charge in [-0.1, -0.05) is 26.0 Å². The first-order chi connectivity index (χ1) is 9.08. The number of aryl methyl sites for hydroxylation is 1. The molecule has 4 heteroatoms. The lowest BCUT2D eigenvalue weighted by molar-refractivity contribution is 0.415. The molecular formula is C15H21N3O. The van der Waals surface area contributed by atoms with Crippen molar-refractivity contribution in [2.45, 2.75) is 26.2 Å². The molecule has 0 spiro atoms. The van der Waals surface area contributed by atoms with E-state index >= 15 is 0 Å². The number of nitrogens with two attached hydrogens (primary N) is 1. The fourth-order valence-electron chi connectivity index (χ4n) is 2.15. The highest BCUT2D eigenvalue weighted by atomic mass is 16.5. The van der Waals surface area contributed by atoms with E-state index in [1.165, 1.54) is 0 Å². The van der Waals surface area contributed by atoms with Crippen molar-refractivity contribution in [3.8, 4) is 16.9 Å². The van der Waals surface area contributed by atoms with Crippen molar-refractivity contribution in [1.29, 1.82) is 0 Å². The minimum Gasteiger partial charge on any atom is -0.497 e. The van der Waals surface area contributed by atoms with Crippen molar-refractivity contribution in [3.05, 3.63) is 30.0 Å². The summed E-state index contributed by atoms with van der Waals surface area (Å²) in [5, 5.41) is 4.56. The molecule has 2 N–H and O–H groups in total. The lowest BCUT2D eigenvalue weighted by Crippen LogP contribution is -1.98. The van der Waals surface area contributed by atoms with Gasteiger partial charge in [0.25, 0.3) is 0 Å². The quantitative estimate of drug-likeness (QED) is 0.917. The largest absolute Gasteiger partial charge is 0.497 e. The number of nitrogens with zero attached hydrogens (tertiary/aromatic N) is 2. The number of nitrogen functional groups attached to an aromatic ring is 1. The summed E-state index contributed by atoms with van der Waals surface area (Å²) in [6, 6.07) is 7.94. The maximum Gasteiger partial charge on any atom is 0.129 e. The van der Waals surface area contributed by atoms with Crippen molar-refractivity contribution >= 4 is 5.82 Å². The summed E-state index contributed by atoms with van der Waals surface area (Å²) in [5.74, 6) is 1.94. The molecule has 0 aliphatic heterocycles. The van der Waals surface area contributed by atoms with Crippen LogP contribution in [0, 0.1) is 0 Å². The van der Waals surface area contributed by atoms with Crippen LogP contribution in [0.4, 0.5) is 5.82 Å². The maximum absolute atomic E-state index is 6.17. The van der Waals surface area contributed by atoms with Crippen LogP contribution >= 0.6 is 0 Å². The van der Waals surface area contributed by atoms with Gasteiger partial charge < -0.3 is 10.5 Å². The molecule has 19 heavy (non-hydrogen) atoms. The highest BCUT2D eigenvalue weighted by Crippen LogP contribution is 2.35. The summed E-state index contributed by atoms with van der Waals surface area (Å²) in [7, 11) is 3.55. The molecule has 0 bridgehead atoms. The van der Waals surface area contributed by atoms with Crippen LogP contribution in [-0.2, 0) is 7.05 Å². The van der Waals surface area contributed by atoms with Gasteiger partial charge in [0, 0.05) is 18.5 Å². The fraction of sp³-hybridized carbons (Fsp3) is 0.400. The van der Waals surface area contributed by atoms with Crippen molar-refractivity contribution in [1.82, 2.24) is 9.78 Å². The van der Waals surface area contributed by atoms with Gasteiger partial charge in [0.1, 0.15) is 11.6 Å². The van der Waals surface area contributed by atoms with Gasteiger partial charge in [0.15, 0.2) is 0 Å². The van der Waals surface area contributed by atoms with Crippen molar-refractivity contribution in [2.24, 2.45) is 7.05 Å². The number of hydrogen-bond acceptors (Lipinski definition) is 3. The van der Waals surface area contributed by atoms with Crippen LogP contribution in [0.2, 0.25) is 0 Å². The smallest absolute Gasteiger partial charge is 0.129 e. The van der Waals surface area contributed by atoms with E-state index in [9.17, 15) is 0 Å². The van der Waals surface area contributed by atoms with E-state index in [2.05, 4.69) is 18.9 Å². The number of benzene rings is 1. The predicted octanol–water partition coefficient (Wildman–Crippen LogP) is 3.19. The molecule has 1 unspecified atom stereocenters. The minimum atomic E-state index is 0.389. The first kappa shape index (κ1) is 13.5. The third-order valence-electron chi connectivity index (χ3n) is 3.58. The van der Waals surface area contributed by atoms with Crippen LogP contribution < -0.4 is 10.5 Å². The van der Waals surface area contributed by atoms with Crippen LogP contribution in [-0.4, -0.2) is 16.9 Å². The zero-order valence-electron chi connectivity index (χ0n) is 12.0. The standard InChI is InChI=1S/C15H21N3O/c1-5-10(2)14-13(15(16)18(3)17-14)11-6-8-12(19-4)9-7-11/h6-10H,5,16H2,1-4H3. The zero-order valence-corrected chi connectivity index (χ0v) is 12.0. The van der Waals surface area contributed by atoms with Gasteiger partial charge >= 0.3 is 0 Å². The second-order valence-corrected chi connectivity index (χ2v) is 4.81. The molecular weight excluding hydrogens is 238 g/mol. The highest BCUT2D eigenvalue weighted by Gasteiger charge is 2.19. The van der Waals surface area contributed by atoms with Gasteiger partial charge in [0.2, 0.25) is 0 Å². The molecule has 0 saturated heterocycles. The molecule has 1 aromatic carbocycles. The van der Waals surface area contributed by atoms with Crippen molar-refractivity contribution < 1.29 is 4.74 Å². The Balaban J connectivity index is 2.53. The second kappa shape index (κ2) is 5.34. The Morgan fingerprint density at radius 2 is 1.95 bits per heavy atom. The van der Waals surface area contributed by atoms with Crippen LogP contribution in [0.5, 0.6) is 5.75 Å². The van der Waals surface area contributed by atoms with E-state index < -0.39 is 0 Å². The Hall–Kier alpha value is -1.97. The number of ether oxygens (including phenoxy) is 1. The third kappa shape index (κ3) is 2.43. The van der Waals surface area contributed by atoms with Crippen LogP contribution in [0.1, 0.15) is 31.9 Å². The van der Waals surface area contributed by atoms with E-state index in [4.69, 9.17) is 10.5 Å². The maximum atomic E-state index is 6.17. The molecule has 1 atom stereocenters. The topological polar surface area (TPSA) is 53.1 Å². The van der Waals surface area contributed by atoms with Crippen LogP contribution in [0.15, 0.2) is 24.3 Å². The third-order valence-corrected chi connectivity index (χ3v) is 3.58. The minimum absolute atomic E-state index is 0.389. The molecule has 102 valence electrons. The number of aromatic nitrogens is 2. The van der Waals surface area contributed by atoms with Crippen LogP contribution in [0.25, 0.3) is 11.1 Å². The zero-order chi connectivity index (χ0) is 14.0. The molecule has 1 heterocycles. The summed E-state index contributed by atoms with van der Waals surface area (Å²) in [4.78, 5) is 0. The Morgan fingerprint density at radius 1 is 1.32 bits per heavy atom. The predicted molar refractivity (Wildman–Crippen MR) is 78.3 cm³/mol. The van der Waals surface area contributed by atoms with Gasteiger partial charge in [-0.2, -0.15) is 5.10 Å². The Morgan fingerprint density at radius 3 is 2.47 bits per heavy atom. The fourth-order valence-corrected chi connectivity index (χ4v) is 2.15. The molecule has 0 fully saturated rings. The van der Waals surface area contributed by atoms with E-state index in [1.54, 1.807) is 11.8 Å². The van der Waals surface area contributed by atoms with Gasteiger partial charge in [-0.25, -0.2) is 0 Å². The molecule has 1 aromatic heterocycles. The molecule has 0 aliphatic rings. The van der Waals surface area contributed by atoms with Gasteiger partial charge in [0.05, 0.1) is 12.8 Å². The normalized spacial score (nSPS) is 12.4. The lowest BCUT2D eigenvalue weighted by atomic mass is 9.96. The summed E-state index contributed by atoms with van der Waals surface area (Å²) < 4.78 is 6.94. The number of rotatable bonds is 4. The molecule has 0 aliphatic carbocycles. The Labute approximate surface area is 114 Å². The summed E-state index contributed by atoms with van der Waals surface area (Å²) in [6.45, 7) is 4.34. The second-order valence-electron chi connectivity index (χ2n) is 4.81. The summed E-state index contributed by atoms with van der Waals surface area (Å²) in [5.41, 5.74) is 9.36. The van der Waals surface area contributed by atoms with E-state index in [0.29, 0.717) is 11.7 Å².